The highest BCUT2D eigenvalue weighted by atomic mass is 32.1. The lowest BCUT2D eigenvalue weighted by Gasteiger charge is -2.09. The predicted molar refractivity (Wildman–Crippen MR) is 218 cm³/mol. The van der Waals surface area contributed by atoms with Crippen molar-refractivity contribution in [3.8, 4) is 20.9 Å². The quantitative estimate of drug-likeness (QED) is 0.0821. The normalized spacial score (nSPS) is 11.5. The molecule has 2 aromatic heterocycles. The molecule has 0 atom stereocenters. The molecule has 0 aliphatic heterocycles. The second kappa shape index (κ2) is 14.5. The van der Waals surface area contributed by atoms with Crippen molar-refractivity contribution in [3.63, 3.8) is 0 Å². The van der Waals surface area contributed by atoms with Gasteiger partial charge in [0.2, 0.25) is 0 Å². The molecular formula is C46H44S2. The summed E-state index contributed by atoms with van der Waals surface area (Å²) in [6.45, 7) is 10.3. The maximum atomic E-state index is 3.69. The van der Waals surface area contributed by atoms with Crippen LogP contribution in [0.25, 0.3) is 73.4 Å². The number of aryl methyl sites for hydroxylation is 2. The summed E-state index contributed by atoms with van der Waals surface area (Å²) >= 11 is 3.77. The van der Waals surface area contributed by atoms with E-state index in [4.69, 9.17) is 0 Å². The van der Waals surface area contributed by atoms with Gasteiger partial charge in [0.15, 0.2) is 0 Å². The number of hydrogen-bond donors (Lipinski definition) is 0. The van der Waals surface area contributed by atoms with Crippen molar-refractivity contribution in [1.82, 2.24) is 0 Å². The first kappa shape index (κ1) is 32.3. The topological polar surface area (TPSA) is 0 Å². The summed E-state index contributed by atoms with van der Waals surface area (Å²) < 4.78 is 2.69. The molecule has 0 aliphatic carbocycles. The van der Waals surface area contributed by atoms with E-state index in [9.17, 15) is 0 Å². The minimum absolute atomic E-state index is 1.20. The van der Waals surface area contributed by atoms with Crippen LogP contribution >= 0.6 is 22.7 Å². The van der Waals surface area contributed by atoms with Crippen LogP contribution in [0.15, 0.2) is 122 Å². The minimum atomic E-state index is 1.20. The Morgan fingerprint density at radius 1 is 0.479 bits per heavy atom. The maximum absolute atomic E-state index is 3.69. The second-order valence-electron chi connectivity index (χ2n) is 13.2. The molecule has 0 bridgehead atoms. The van der Waals surface area contributed by atoms with Crippen LogP contribution in [-0.4, -0.2) is 0 Å². The van der Waals surface area contributed by atoms with Crippen molar-refractivity contribution in [2.24, 2.45) is 0 Å². The maximum Gasteiger partial charge on any atom is 0.0355 e. The van der Waals surface area contributed by atoms with E-state index in [1.54, 1.807) is 0 Å². The number of allylic oxidation sites excluding steroid dienone is 1. The van der Waals surface area contributed by atoms with E-state index in [1.165, 1.54) is 129 Å². The summed E-state index contributed by atoms with van der Waals surface area (Å²) in [5.41, 5.74) is 5.20. The highest BCUT2D eigenvalue weighted by Gasteiger charge is 2.13. The molecule has 0 unspecified atom stereocenters. The first-order valence-electron chi connectivity index (χ1n) is 17.5. The molecule has 0 N–H and O–H groups in total. The van der Waals surface area contributed by atoms with Gasteiger partial charge in [0.1, 0.15) is 0 Å². The molecule has 6 aromatic carbocycles. The van der Waals surface area contributed by atoms with Crippen LogP contribution in [0, 0.1) is 13.8 Å². The van der Waals surface area contributed by atoms with E-state index in [0.29, 0.717) is 0 Å². The molecule has 0 amide bonds. The zero-order valence-electron chi connectivity index (χ0n) is 28.4. The van der Waals surface area contributed by atoms with Gasteiger partial charge in [0.25, 0.3) is 0 Å². The van der Waals surface area contributed by atoms with E-state index in [2.05, 4.69) is 137 Å². The average Bonchev–Trinajstić information content (AvgIpc) is 3.75. The summed E-state index contributed by atoms with van der Waals surface area (Å²) in [5, 5.41) is 10.7. The molecule has 0 fully saturated rings. The smallest absolute Gasteiger partial charge is 0.0355 e. The highest BCUT2D eigenvalue weighted by molar-refractivity contribution is 7.22. The Kier molecular flexibility index (Phi) is 9.75. The van der Waals surface area contributed by atoms with E-state index < -0.39 is 0 Å². The Bertz CT molecular complexity index is 2220. The lowest BCUT2D eigenvalue weighted by Crippen LogP contribution is -1.82. The van der Waals surface area contributed by atoms with Crippen molar-refractivity contribution in [2.45, 2.75) is 65.7 Å². The molecule has 48 heavy (non-hydrogen) atoms. The van der Waals surface area contributed by atoms with Gasteiger partial charge in [-0.15, -0.1) is 29.3 Å². The lowest BCUT2D eigenvalue weighted by molar-refractivity contribution is 0.611. The Morgan fingerprint density at radius 2 is 0.896 bits per heavy atom. The zero-order chi connectivity index (χ0) is 33.0. The molecule has 0 nitrogen and oxygen atoms in total. The molecule has 0 saturated heterocycles. The molecular weight excluding hydrogens is 617 g/mol. The van der Waals surface area contributed by atoms with Gasteiger partial charge in [-0.2, -0.15) is 0 Å². The number of hydrogen-bond acceptors (Lipinski definition) is 2. The van der Waals surface area contributed by atoms with Gasteiger partial charge in [-0.25, -0.2) is 0 Å². The number of unbranched alkanes of at least 4 members (excludes halogenated alkanes) is 6. The minimum Gasteiger partial charge on any atom is -0.135 e. The number of rotatable bonds is 9. The fourth-order valence-corrected chi connectivity index (χ4v) is 9.18. The summed E-state index contributed by atoms with van der Waals surface area (Å²) in [6, 6.07) is 41.0. The Labute approximate surface area is 293 Å². The van der Waals surface area contributed by atoms with Crippen molar-refractivity contribution >= 4 is 75.2 Å². The zero-order valence-corrected chi connectivity index (χ0v) is 30.1. The largest absolute Gasteiger partial charge is 0.135 e. The van der Waals surface area contributed by atoms with Crippen LogP contribution in [0.1, 0.15) is 63.0 Å². The fraction of sp³-hybridized carbons (Fsp3) is 0.217. The van der Waals surface area contributed by atoms with E-state index >= 15 is 0 Å². The SMILES string of the molecule is C=CCCCCCCCC.Cc1cccc(-c2cc3c(ccc4c3ccc3c5ccc6sc(-c7cccc(C)c7)cc6c5ccc43)s2)c1. The van der Waals surface area contributed by atoms with Crippen LogP contribution in [-0.2, 0) is 0 Å². The van der Waals surface area contributed by atoms with Crippen molar-refractivity contribution < 1.29 is 0 Å². The second-order valence-corrected chi connectivity index (χ2v) is 15.3. The van der Waals surface area contributed by atoms with Gasteiger partial charge in [-0.05, 0) is 94.4 Å². The van der Waals surface area contributed by atoms with Gasteiger partial charge in [0.05, 0.1) is 0 Å². The Morgan fingerprint density at radius 3 is 1.33 bits per heavy atom. The Hall–Kier alpha value is -4.24. The number of thiophene rings is 2. The summed E-state index contributed by atoms with van der Waals surface area (Å²) in [4.78, 5) is 2.66. The fourth-order valence-electron chi connectivity index (χ4n) is 7.03. The average molecular weight is 661 g/mol. The summed E-state index contributed by atoms with van der Waals surface area (Å²) in [5.74, 6) is 0. The van der Waals surface area contributed by atoms with Crippen LogP contribution in [0.5, 0.6) is 0 Å². The third kappa shape index (κ3) is 6.57. The molecule has 2 heterocycles. The number of fused-ring (bicyclic) bond motifs is 9. The first-order valence-corrected chi connectivity index (χ1v) is 19.2. The van der Waals surface area contributed by atoms with Gasteiger partial charge in [-0.3, -0.25) is 0 Å². The van der Waals surface area contributed by atoms with Crippen LogP contribution in [0.2, 0.25) is 0 Å². The molecule has 0 saturated carbocycles. The molecule has 0 radical (unpaired) electrons. The third-order valence-corrected chi connectivity index (χ3v) is 11.9. The molecule has 240 valence electrons. The molecule has 0 aliphatic rings. The molecule has 2 heteroatoms. The van der Waals surface area contributed by atoms with Crippen molar-refractivity contribution in [1.29, 1.82) is 0 Å². The van der Waals surface area contributed by atoms with E-state index in [0.717, 1.165) is 0 Å². The summed E-state index contributed by atoms with van der Waals surface area (Å²) in [7, 11) is 0. The van der Waals surface area contributed by atoms with Gasteiger partial charge in [0, 0.05) is 29.9 Å². The van der Waals surface area contributed by atoms with Crippen LogP contribution in [0.3, 0.4) is 0 Å². The molecule has 8 aromatic rings. The van der Waals surface area contributed by atoms with E-state index in [-0.39, 0.29) is 0 Å². The molecule has 0 spiro atoms. The first-order chi connectivity index (χ1) is 23.5. The third-order valence-electron chi connectivity index (χ3n) is 9.56. The van der Waals surface area contributed by atoms with Gasteiger partial charge in [-0.1, -0.05) is 141 Å². The predicted octanol–water partition coefficient (Wildman–Crippen LogP) is 15.4. The molecule has 8 rings (SSSR count). The van der Waals surface area contributed by atoms with Crippen molar-refractivity contribution in [3.05, 3.63) is 133 Å². The van der Waals surface area contributed by atoms with Crippen LogP contribution in [0.4, 0.5) is 0 Å². The Balaban J connectivity index is 0.000000320. The standard InChI is InChI=1S/C36H24S2.C10H20/c1-21-5-3-7-23(17-21)35-19-31-29-11-9-26-25(27(29)13-15-33(31)37-35)10-12-30-28(26)14-16-34-32(30)20-36(38-34)24-8-4-6-22(2)18-24;1-3-5-7-9-10-8-6-4-2/h3-20H,1-2H3;3H,1,4-10H2,2H3. The lowest BCUT2D eigenvalue weighted by atomic mass is 9.94. The highest BCUT2D eigenvalue weighted by Crippen LogP contribution is 2.43. The number of benzene rings is 6. The van der Waals surface area contributed by atoms with Gasteiger partial charge >= 0.3 is 0 Å². The van der Waals surface area contributed by atoms with Crippen LogP contribution < -0.4 is 0 Å². The van der Waals surface area contributed by atoms with Crippen molar-refractivity contribution in [2.75, 3.05) is 0 Å². The van der Waals surface area contributed by atoms with E-state index in [1.807, 2.05) is 28.7 Å². The monoisotopic (exact) mass is 660 g/mol. The van der Waals surface area contributed by atoms with Gasteiger partial charge < -0.3 is 0 Å². The summed E-state index contributed by atoms with van der Waals surface area (Å²) in [6.07, 6.45) is 11.6.